The van der Waals surface area contributed by atoms with E-state index in [1.54, 1.807) is 31.2 Å². The van der Waals surface area contributed by atoms with Gasteiger partial charge in [0.15, 0.2) is 6.20 Å². The van der Waals surface area contributed by atoms with Crippen molar-refractivity contribution in [2.24, 2.45) is 0 Å². The lowest BCUT2D eigenvalue weighted by atomic mass is 9.85. The molecule has 0 bridgehead atoms. The first-order valence-electron chi connectivity index (χ1n) is 16.2. The molecule has 4 aromatic heterocycles. The van der Waals surface area contributed by atoms with Gasteiger partial charge in [-0.05, 0) is 38.0 Å². The van der Waals surface area contributed by atoms with Crippen molar-refractivity contribution in [1.29, 1.82) is 5.26 Å². The number of piperidine rings is 1. The van der Waals surface area contributed by atoms with Gasteiger partial charge in [0.2, 0.25) is 5.52 Å². The number of nitrogens with zero attached hydrogens (tertiary/aromatic N) is 7. The number of pyridine rings is 2. The summed E-state index contributed by atoms with van der Waals surface area (Å²) in [5.41, 5.74) is 1.59. The maximum atomic E-state index is 14.0. The predicted octanol–water partition coefficient (Wildman–Crippen LogP) is 5.59. The van der Waals surface area contributed by atoms with Crippen molar-refractivity contribution in [3.8, 4) is 29.0 Å². The summed E-state index contributed by atoms with van der Waals surface area (Å²) in [6, 6.07) is 8.73. The summed E-state index contributed by atoms with van der Waals surface area (Å²) in [7, 11) is 1.83. The number of hydrogen-bond acceptors (Lipinski definition) is 9. The summed E-state index contributed by atoms with van der Waals surface area (Å²) in [5, 5.41) is 34.4. The van der Waals surface area contributed by atoms with Gasteiger partial charge in [-0.3, -0.25) is 14.3 Å². The molecule has 7 rings (SSSR count). The number of rotatable bonds is 6. The molecule has 0 radical (unpaired) electrons. The van der Waals surface area contributed by atoms with Crippen LogP contribution < -0.4 is 15.2 Å². The number of nitriles is 1. The zero-order chi connectivity index (χ0) is 36.2. The lowest BCUT2D eigenvalue weighted by molar-refractivity contribution is -0.576. The number of aromatic carboxylic acids is 1. The Kier molecular flexibility index (Phi) is 8.87. The van der Waals surface area contributed by atoms with Crippen LogP contribution in [0.25, 0.3) is 32.2 Å². The van der Waals surface area contributed by atoms with Gasteiger partial charge >= 0.3 is 5.97 Å². The molecule has 15 heteroatoms. The largest absolute Gasteiger partial charge is 0.618 e. The fourth-order valence-corrected chi connectivity index (χ4v) is 8.28. The first-order valence-corrected chi connectivity index (χ1v) is 17.4. The minimum atomic E-state index is -2.57. The van der Waals surface area contributed by atoms with E-state index >= 15 is 0 Å². The number of alkyl halides is 2. The number of carboxylic acid groups (broad SMARTS) is 1. The summed E-state index contributed by atoms with van der Waals surface area (Å²) in [5.74, 6) is 3.09. The van der Waals surface area contributed by atoms with Crippen molar-refractivity contribution in [3.05, 3.63) is 85.1 Å². The summed E-state index contributed by atoms with van der Waals surface area (Å²) in [6.07, 6.45) is 3.94. The number of aryl methyl sites for hydroxylation is 1. The monoisotopic (exact) mass is 729 g/mol. The summed E-state index contributed by atoms with van der Waals surface area (Å²) < 4.78 is 29.3. The predicted molar refractivity (Wildman–Crippen MR) is 189 cm³/mol. The molecular formula is C36H30ClF2N7O4S. The van der Waals surface area contributed by atoms with E-state index in [2.05, 4.69) is 32.8 Å². The van der Waals surface area contributed by atoms with Crippen molar-refractivity contribution in [3.63, 3.8) is 0 Å². The normalized spacial score (nSPS) is 16.4. The van der Waals surface area contributed by atoms with Crippen LogP contribution >= 0.6 is 22.9 Å². The Balaban J connectivity index is 1.19. The molecule has 1 saturated carbocycles. The third-order valence-corrected chi connectivity index (χ3v) is 11.1. The topological polar surface area (TPSA) is 142 Å². The number of benzene rings is 1. The second-order valence-corrected chi connectivity index (χ2v) is 14.2. The van der Waals surface area contributed by atoms with Crippen LogP contribution in [0.3, 0.4) is 0 Å². The van der Waals surface area contributed by atoms with Gasteiger partial charge in [0.25, 0.3) is 11.5 Å². The van der Waals surface area contributed by atoms with Gasteiger partial charge in [-0.2, -0.15) is 9.99 Å². The van der Waals surface area contributed by atoms with E-state index in [4.69, 9.17) is 11.6 Å². The number of halogens is 3. The molecule has 1 aromatic carbocycles. The number of thiophene rings is 1. The molecule has 0 amide bonds. The van der Waals surface area contributed by atoms with Crippen molar-refractivity contribution < 1.29 is 23.4 Å². The number of carboxylic acids is 1. The van der Waals surface area contributed by atoms with Crippen LogP contribution in [0.5, 0.6) is 0 Å². The van der Waals surface area contributed by atoms with Crippen LogP contribution in [0.15, 0.2) is 46.8 Å². The average molecular weight is 730 g/mol. The molecule has 2 fully saturated rings. The SMILES string of the molecule is Cc1nc2cnc(N(C)C3CCN(C4CC(F)(F)C4)CC3)c(C#N)c2c(=O)n1CC#Cc1ccc(Cl)cc1-c1cc[n+]([O-])c2c(C(=O)O)csc12. The molecule has 5 heterocycles. The lowest BCUT2D eigenvalue weighted by Gasteiger charge is -2.46. The average Bonchev–Trinajstić information content (AvgIpc) is 3.55. The van der Waals surface area contributed by atoms with Crippen molar-refractivity contribution in [2.75, 3.05) is 25.0 Å². The molecule has 2 aliphatic rings. The van der Waals surface area contributed by atoms with Gasteiger partial charge in [-0.15, -0.1) is 11.3 Å². The van der Waals surface area contributed by atoms with Gasteiger partial charge in [-0.1, -0.05) is 23.4 Å². The van der Waals surface area contributed by atoms with Crippen LogP contribution in [0.2, 0.25) is 5.02 Å². The molecule has 51 heavy (non-hydrogen) atoms. The van der Waals surface area contributed by atoms with Crippen LogP contribution in [0.1, 0.15) is 53.0 Å². The van der Waals surface area contributed by atoms with E-state index < -0.39 is 17.5 Å². The molecule has 0 spiro atoms. The minimum Gasteiger partial charge on any atom is -0.618 e. The number of fused-ring (bicyclic) bond motifs is 2. The Bertz CT molecular complexity index is 2400. The highest BCUT2D eigenvalue weighted by Gasteiger charge is 2.48. The Hall–Kier alpha value is -5.15. The van der Waals surface area contributed by atoms with E-state index in [0.717, 1.165) is 11.3 Å². The van der Waals surface area contributed by atoms with E-state index in [1.807, 2.05) is 11.9 Å². The highest BCUT2D eigenvalue weighted by Crippen LogP contribution is 2.42. The van der Waals surface area contributed by atoms with E-state index in [-0.39, 0.29) is 59.0 Å². The maximum absolute atomic E-state index is 14.0. The van der Waals surface area contributed by atoms with Gasteiger partial charge < -0.3 is 15.2 Å². The standard InChI is InChI=1S/C36H30ClF2N7O4S/c1-20-42-29-18-41-33(43(2)23-7-11-44(12-8-23)24-15-36(38,39)16-24)27(17-40)30(29)34(47)45(20)10-3-4-21-5-6-22(37)14-26(21)25-9-13-46(50)31-28(35(48)49)19-51-32(25)31/h5-6,9,13-14,18-19,23-24H,7-8,10-12,15-16H2,1-2H3,(H,48,49). The minimum absolute atomic E-state index is 0.00789. The maximum Gasteiger partial charge on any atom is 0.343 e. The second-order valence-electron chi connectivity index (χ2n) is 12.9. The Morgan fingerprint density at radius 2 is 2.00 bits per heavy atom. The summed E-state index contributed by atoms with van der Waals surface area (Å²) in [4.78, 5) is 38.9. The molecule has 1 saturated heterocycles. The first kappa shape index (κ1) is 34.3. The summed E-state index contributed by atoms with van der Waals surface area (Å²) in [6.45, 7) is 2.94. The second kappa shape index (κ2) is 13.2. The molecule has 5 aromatic rings. The molecule has 0 unspecified atom stereocenters. The van der Waals surface area contributed by atoms with E-state index in [9.17, 15) is 33.9 Å². The Morgan fingerprint density at radius 1 is 1.25 bits per heavy atom. The Morgan fingerprint density at radius 3 is 2.69 bits per heavy atom. The lowest BCUT2D eigenvalue weighted by Crippen LogP contribution is -2.55. The van der Waals surface area contributed by atoms with Gasteiger partial charge in [0.05, 0.1) is 23.6 Å². The van der Waals surface area contributed by atoms with Crippen LogP contribution in [0, 0.1) is 35.3 Å². The van der Waals surface area contributed by atoms with Crippen LogP contribution in [-0.2, 0) is 6.54 Å². The molecule has 11 nitrogen and oxygen atoms in total. The van der Waals surface area contributed by atoms with Crippen LogP contribution in [-0.4, -0.2) is 68.7 Å². The van der Waals surface area contributed by atoms with Crippen LogP contribution in [0.4, 0.5) is 14.6 Å². The zero-order valence-corrected chi connectivity index (χ0v) is 29.1. The zero-order valence-electron chi connectivity index (χ0n) is 27.5. The number of carbonyl (C=O) groups is 1. The van der Waals surface area contributed by atoms with E-state index in [1.165, 1.54) is 22.3 Å². The molecule has 260 valence electrons. The molecule has 1 aliphatic heterocycles. The smallest absolute Gasteiger partial charge is 0.343 e. The van der Waals surface area contributed by atoms with Gasteiger partial charge in [0, 0.05) is 78.2 Å². The van der Waals surface area contributed by atoms with E-state index in [0.29, 0.717) is 68.7 Å². The third kappa shape index (κ3) is 6.24. The highest BCUT2D eigenvalue weighted by atomic mass is 35.5. The number of hydrogen-bond donors (Lipinski definition) is 1. The van der Waals surface area contributed by atoms with Gasteiger partial charge in [-0.25, -0.2) is 23.5 Å². The van der Waals surface area contributed by atoms with Crippen molar-refractivity contribution in [1.82, 2.24) is 19.4 Å². The molecule has 1 aliphatic carbocycles. The fraction of sp³-hybridized carbons (Fsp3) is 0.333. The fourth-order valence-electron chi connectivity index (χ4n) is 7.05. The first-order chi connectivity index (χ1) is 24.4. The summed E-state index contributed by atoms with van der Waals surface area (Å²) >= 11 is 7.49. The third-order valence-electron chi connectivity index (χ3n) is 9.82. The number of likely N-dealkylation sites (tertiary alicyclic amines) is 1. The van der Waals surface area contributed by atoms with Gasteiger partial charge in [0.1, 0.15) is 33.5 Å². The molecule has 0 atom stereocenters. The highest BCUT2D eigenvalue weighted by molar-refractivity contribution is 7.18. The van der Waals surface area contributed by atoms with Crippen molar-refractivity contribution >= 4 is 55.8 Å². The quantitative estimate of drug-likeness (QED) is 0.135. The molecular weight excluding hydrogens is 700 g/mol. The molecule has 1 N–H and O–H groups in total. The number of aromatic nitrogens is 4. The van der Waals surface area contributed by atoms with Crippen molar-refractivity contribution in [2.45, 2.75) is 57.2 Å². The Labute approximate surface area is 299 Å². The number of anilines is 1.